The van der Waals surface area contributed by atoms with Crippen LogP contribution >= 0.6 is 0 Å². The minimum Gasteiger partial charge on any atom is -0.326 e. The quantitative estimate of drug-likeness (QED) is 0.549. The summed E-state index contributed by atoms with van der Waals surface area (Å²) >= 11 is 0. The van der Waals surface area contributed by atoms with Crippen molar-refractivity contribution in [3.63, 3.8) is 0 Å². The molecular formula is C25H27N3O2. The largest absolute Gasteiger partial charge is 0.326 e. The predicted molar refractivity (Wildman–Crippen MR) is 123 cm³/mol. The molecule has 0 heterocycles. The molecule has 1 atom stereocenters. The highest BCUT2D eigenvalue weighted by molar-refractivity contribution is 5.94. The summed E-state index contributed by atoms with van der Waals surface area (Å²) in [5.41, 5.74) is 11.4. The Labute approximate surface area is 177 Å². The van der Waals surface area contributed by atoms with E-state index in [0.29, 0.717) is 0 Å². The van der Waals surface area contributed by atoms with Crippen molar-refractivity contribution in [3.05, 3.63) is 72.8 Å². The van der Waals surface area contributed by atoms with Crippen molar-refractivity contribution in [2.24, 2.45) is 11.7 Å². The standard InChI is InChI=1S/C25H27N3O2/c1-16(2)24(29)27-22-12-8-20(9-13-22)18-4-6-19(7-5-18)21-10-14-23(15-11-21)28-25(30)17(3)26/h4-17H,26H2,1-3H3,(H,27,29)(H,28,30)/t17-/m1/s1. The van der Waals surface area contributed by atoms with E-state index in [2.05, 4.69) is 34.9 Å². The lowest BCUT2D eigenvalue weighted by Gasteiger charge is -2.10. The lowest BCUT2D eigenvalue weighted by atomic mass is 10.00. The van der Waals surface area contributed by atoms with E-state index >= 15 is 0 Å². The van der Waals surface area contributed by atoms with Gasteiger partial charge in [0.15, 0.2) is 0 Å². The second-order valence-electron chi connectivity index (χ2n) is 7.65. The Balaban J connectivity index is 1.69. The average molecular weight is 402 g/mol. The fourth-order valence-corrected chi connectivity index (χ4v) is 2.89. The Morgan fingerprint density at radius 1 is 0.600 bits per heavy atom. The highest BCUT2D eigenvalue weighted by Crippen LogP contribution is 2.27. The number of anilines is 2. The summed E-state index contributed by atoms with van der Waals surface area (Å²) in [4.78, 5) is 23.5. The first-order chi connectivity index (χ1) is 14.3. The van der Waals surface area contributed by atoms with Gasteiger partial charge in [0.25, 0.3) is 0 Å². The lowest BCUT2D eigenvalue weighted by molar-refractivity contribution is -0.119. The minimum atomic E-state index is -0.544. The van der Waals surface area contributed by atoms with Crippen molar-refractivity contribution in [1.82, 2.24) is 0 Å². The molecule has 0 fully saturated rings. The van der Waals surface area contributed by atoms with Gasteiger partial charge >= 0.3 is 0 Å². The zero-order chi connectivity index (χ0) is 21.7. The number of nitrogens with one attached hydrogen (secondary N) is 2. The molecule has 0 radical (unpaired) electrons. The molecule has 0 aromatic heterocycles. The van der Waals surface area contributed by atoms with Gasteiger partial charge in [0.05, 0.1) is 6.04 Å². The number of benzene rings is 3. The van der Waals surface area contributed by atoms with Gasteiger partial charge in [-0.15, -0.1) is 0 Å². The smallest absolute Gasteiger partial charge is 0.240 e. The van der Waals surface area contributed by atoms with Gasteiger partial charge in [-0.25, -0.2) is 0 Å². The van der Waals surface area contributed by atoms with Gasteiger partial charge in [0.1, 0.15) is 0 Å². The maximum atomic E-state index is 11.8. The van der Waals surface area contributed by atoms with E-state index in [9.17, 15) is 9.59 Å². The lowest BCUT2D eigenvalue weighted by Crippen LogP contribution is -2.32. The van der Waals surface area contributed by atoms with Crippen molar-refractivity contribution in [2.45, 2.75) is 26.8 Å². The molecule has 2 amide bonds. The fraction of sp³-hybridized carbons (Fsp3) is 0.200. The maximum absolute atomic E-state index is 11.8. The topological polar surface area (TPSA) is 84.2 Å². The molecule has 5 nitrogen and oxygen atoms in total. The number of rotatable bonds is 6. The zero-order valence-corrected chi connectivity index (χ0v) is 17.5. The molecule has 3 rings (SSSR count). The van der Waals surface area contributed by atoms with Crippen LogP contribution in [0.25, 0.3) is 22.3 Å². The third-order valence-electron chi connectivity index (χ3n) is 4.79. The summed E-state index contributed by atoms with van der Waals surface area (Å²) in [6.07, 6.45) is 0. The zero-order valence-electron chi connectivity index (χ0n) is 17.5. The summed E-state index contributed by atoms with van der Waals surface area (Å²) in [5.74, 6) is -0.246. The van der Waals surface area contributed by atoms with E-state index in [-0.39, 0.29) is 17.7 Å². The van der Waals surface area contributed by atoms with Gasteiger partial charge in [-0.05, 0) is 53.4 Å². The Morgan fingerprint density at radius 3 is 1.20 bits per heavy atom. The van der Waals surface area contributed by atoms with E-state index in [1.54, 1.807) is 6.92 Å². The van der Waals surface area contributed by atoms with Crippen molar-refractivity contribution in [2.75, 3.05) is 10.6 Å². The highest BCUT2D eigenvalue weighted by Gasteiger charge is 2.08. The number of hydrogen-bond donors (Lipinski definition) is 3. The van der Waals surface area contributed by atoms with Crippen LogP contribution in [-0.2, 0) is 9.59 Å². The second kappa shape index (κ2) is 9.37. The molecule has 0 bridgehead atoms. The number of carbonyl (C=O) groups is 2. The minimum absolute atomic E-state index is 0.00947. The molecule has 30 heavy (non-hydrogen) atoms. The van der Waals surface area contributed by atoms with Gasteiger partial charge in [-0.3, -0.25) is 9.59 Å². The fourth-order valence-electron chi connectivity index (χ4n) is 2.89. The summed E-state index contributed by atoms with van der Waals surface area (Å²) in [5, 5.41) is 5.68. The van der Waals surface area contributed by atoms with Crippen LogP contribution in [0.2, 0.25) is 0 Å². The Morgan fingerprint density at radius 2 is 0.900 bits per heavy atom. The Kier molecular flexibility index (Phi) is 6.65. The first-order valence-electron chi connectivity index (χ1n) is 10.0. The summed E-state index contributed by atoms with van der Waals surface area (Å²) in [7, 11) is 0. The summed E-state index contributed by atoms with van der Waals surface area (Å²) in [6.45, 7) is 5.39. The predicted octanol–water partition coefficient (Wildman–Crippen LogP) is 4.90. The molecular weight excluding hydrogens is 374 g/mol. The number of nitrogens with two attached hydrogens (primary N) is 1. The van der Waals surface area contributed by atoms with Crippen LogP contribution in [0.3, 0.4) is 0 Å². The molecule has 0 spiro atoms. The first kappa shape index (κ1) is 21.3. The number of amides is 2. The molecule has 5 heteroatoms. The van der Waals surface area contributed by atoms with Crippen LogP contribution in [-0.4, -0.2) is 17.9 Å². The van der Waals surface area contributed by atoms with Crippen LogP contribution in [0.4, 0.5) is 11.4 Å². The highest BCUT2D eigenvalue weighted by atomic mass is 16.2. The SMILES string of the molecule is CC(C)C(=O)Nc1ccc(-c2ccc(-c3ccc(NC(=O)[C@@H](C)N)cc3)cc2)cc1. The number of hydrogen-bond acceptors (Lipinski definition) is 3. The molecule has 0 aliphatic heterocycles. The van der Waals surface area contributed by atoms with Crippen LogP contribution < -0.4 is 16.4 Å². The molecule has 4 N–H and O–H groups in total. The van der Waals surface area contributed by atoms with Gasteiger partial charge in [-0.1, -0.05) is 62.4 Å². The summed E-state index contributed by atoms with van der Waals surface area (Å²) < 4.78 is 0. The van der Waals surface area contributed by atoms with Gasteiger partial charge < -0.3 is 16.4 Å². The van der Waals surface area contributed by atoms with Gasteiger partial charge in [-0.2, -0.15) is 0 Å². The van der Waals surface area contributed by atoms with Crippen molar-refractivity contribution in [3.8, 4) is 22.3 Å². The van der Waals surface area contributed by atoms with Crippen LogP contribution in [0.1, 0.15) is 20.8 Å². The number of carbonyl (C=O) groups excluding carboxylic acids is 2. The molecule has 0 saturated heterocycles. The van der Waals surface area contributed by atoms with Crippen LogP contribution in [0.15, 0.2) is 72.8 Å². The molecule has 154 valence electrons. The first-order valence-corrected chi connectivity index (χ1v) is 10.0. The van der Waals surface area contributed by atoms with Crippen LogP contribution in [0.5, 0.6) is 0 Å². The molecule has 0 saturated carbocycles. The van der Waals surface area contributed by atoms with E-state index in [0.717, 1.165) is 33.6 Å². The van der Waals surface area contributed by atoms with Crippen molar-refractivity contribution in [1.29, 1.82) is 0 Å². The molecule has 3 aromatic rings. The van der Waals surface area contributed by atoms with E-state index in [1.165, 1.54) is 0 Å². The molecule has 3 aromatic carbocycles. The van der Waals surface area contributed by atoms with Gasteiger partial charge in [0.2, 0.25) is 11.8 Å². The molecule has 0 aliphatic rings. The third kappa shape index (κ3) is 5.33. The van der Waals surface area contributed by atoms with E-state index in [4.69, 9.17) is 5.73 Å². The third-order valence-corrected chi connectivity index (χ3v) is 4.79. The van der Waals surface area contributed by atoms with E-state index in [1.807, 2.05) is 62.4 Å². The van der Waals surface area contributed by atoms with Crippen LogP contribution in [0, 0.1) is 5.92 Å². The van der Waals surface area contributed by atoms with E-state index < -0.39 is 6.04 Å². The Hall–Kier alpha value is -3.44. The molecule has 0 unspecified atom stereocenters. The van der Waals surface area contributed by atoms with Crippen molar-refractivity contribution >= 4 is 23.2 Å². The molecule has 0 aliphatic carbocycles. The Bertz CT molecular complexity index is 921. The normalized spacial score (nSPS) is 11.8. The van der Waals surface area contributed by atoms with Gasteiger partial charge in [0, 0.05) is 17.3 Å². The maximum Gasteiger partial charge on any atom is 0.240 e. The monoisotopic (exact) mass is 401 g/mol. The average Bonchev–Trinajstić information content (AvgIpc) is 2.75. The van der Waals surface area contributed by atoms with Crippen molar-refractivity contribution < 1.29 is 9.59 Å². The summed E-state index contributed by atoms with van der Waals surface area (Å²) in [6, 6.07) is 23.2. The second-order valence-corrected chi connectivity index (χ2v) is 7.65.